The van der Waals surface area contributed by atoms with E-state index in [1.807, 2.05) is 24.4 Å². The van der Waals surface area contributed by atoms with Crippen LogP contribution < -0.4 is 4.57 Å². The normalized spacial score (nSPS) is 12.3. The monoisotopic (exact) mass is 453 g/mol. The van der Waals surface area contributed by atoms with E-state index in [2.05, 4.69) is 89.7 Å². The summed E-state index contributed by atoms with van der Waals surface area (Å²) in [5.74, 6) is 1.04. The summed E-state index contributed by atoms with van der Waals surface area (Å²) in [5.41, 5.74) is 6.81. The molecule has 0 saturated heterocycles. The van der Waals surface area contributed by atoms with Crippen LogP contribution in [0.5, 0.6) is 0 Å². The predicted octanol–water partition coefficient (Wildman–Crippen LogP) is 7.69. The molecule has 0 saturated carbocycles. The third-order valence-electron chi connectivity index (χ3n) is 7.35. The fourth-order valence-corrected chi connectivity index (χ4v) is 5.74. The van der Waals surface area contributed by atoms with Gasteiger partial charge in [0.25, 0.3) is 0 Å². The highest BCUT2D eigenvalue weighted by Gasteiger charge is 2.29. The lowest BCUT2D eigenvalue weighted by atomic mass is 9.99. The molecule has 0 N–H and O–H groups in total. The number of hydrogen-bond donors (Lipinski definition) is 0. The molecule has 4 nitrogen and oxygen atoms in total. The van der Waals surface area contributed by atoms with Gasteiger partial charge in [-0.1, -0.05) is 60.7 Å². The number of fused-ring (bicyclic) bond motifs is 10. The van der Waals surface area contributed by atoms with Crippen molar-refractivity contribution in [3.05, 3.63) is 96.7 Å². The first-order chi connectivity index (χ1) is 17.2. The van der Waals surface area contributed by atoms with E-state index < -0.39 is 0 Å². The van der Waals surface area contributed by atoms with Crippen LogP contribution in [0.3, 0.4) is 0 Å². The summed E-state index contributed by atoms with van der Waals surface area (Å²) in [6.07, 6.45) is 2.04. The van der Waals surface area contributed by atoms with Crippen LogP contribution >= 0.6 is 0 Å². The van der Waals surface area contributed by atoms with Gasteiger partial charge in [0.15, 0.2) is 22.9 Å². The number of nitrogens with zero attached hydrogens (tertiary/aromatic N) is 2. The lowest BCUT2D eigenvalue weighted by Crippen LogP contribution is -2.28. The van der Waals surface area contributed by atoms with Gasteiger partial charge in [-0.2, -0.15) is 4.40 Å². The fraction of sp³-hybridized carbons (Fsp3) is 0.0645. The summed E-state index contributed by atoms with van der Waals surface area (Å²) in [7, 11) is 2.06. The van der Waals surface area contributed by atoms with E-state index in [1.165, 1.54) is 16.2 Å². The Bertz CT molecular complexity index is 2140. The van der Waals surface area contributed by atoms with Gasteiger partial charge >= 0.3 is 11.5 Å². The fourth-order valence-electron chi connectivity index (χ4n) is 5.74. The number of para-hydroxylation sites is 2. The molecule has 4 heteroatoms. The molecule has 0 aliphatic heterocycles. The average Bonchev–Trinajstić information content (AvgIpc) is 3.53. The van der Waals surface area contributed by atoms with Crippen molar-refractivity contribution in [3.63, 3.8) is 0 Å². The van der Waals surface area contributed by atoms with Gasteiger partial charge in [0.05, 0.1) is 7.05 Å². The summed E-state index contributed by atoms with van der Waals surface area (Å²) < 4.78 is 17.3. The van der Waals surface area contributed by atoms with E-state index in [1.54, 1.807) is 0 Å². The molecule has 0 bridgehead atoms. The minimum absolute atomic E-state index is 0.813. The van der Waals surface area contributed by atoms with Crippen LogP contribution in [0.25, 0.3) is 71.7 Å². The molecule has 8 aromatic rings. The lowest BCUT2D eigenvalue weighted by Gasteiger charge is -2.04. The second kappa shape index (κ2) is 6.51. The van der Waals surface area contributed by atoms with Crippen molar-refractivity contribution in [3.8, 4) is 11.4 Å². The topological polar surface area (TPSA) is 34.6 Å². The maximum atomic E-state index is 6.79. The van der Waals surface area contributed by atoms with Gasteiger partial charge in [0.2, 0.25) is 0 Å². The number of furan rings is 1. The van der Waals surface area contributed by atoms with E-state index in [-0.39, 0.29) is 0 Å². The minimum atomic E-state index is 0.813. The van der Waals surface area contributed by atoms with Gasteiger partial charge in [-0.15, -0.1) is 0 Å². The number of imidazole rings is 1. The second-order valence-corrected chi connectivity index (χ2v) is 9.37. The highest BCUT2D eigenvalue weighted by molar-refractivity contribution is 6.21. The van der Waals surface area contributed by atoms with E-state index in [0.29, 0.717) is 0 Å². The predicted molar refractivity (Wildman–Crippen MR) is 141 cm³/mol. The molecule has 0 atom stereocenters. The molecule has 0 spiro atoms. The van der Waals surface area contributed by atoms with Crippen molar-refractivity contribution >= 4 is 60.3 Å². The average molecular weight is 454 g/mol. The number of oxazole rings is 1. The smallest absolute Gasteiger partial charge is 0.336 e. The number of hydrogen-bond acceptors (Lipinski definition) is 2. The summed E-state index contributed by atoms with van der Waals surface area (Å²) >= 11 is 0. The molecule has 0 fully saturated rings. The van der Waals surface area contributed by atoms with E-state index in [0.717, 1.165) is 61.1 Å². The lowest BCUT2D eigenvalue weighted by molar-refractivity contribution is -0.658. The molecule has 0 amide bonds. The summed E-state index contributed by atoms with van der Waals surface area (Å²) in [6, 6.07) is 29.9. The molecule has 166 valence electrons. The van der Waals surface area contributed by atoms with Crippen LogP contribution in [0.15, 0.2) is 100.0 Å². The van der Waals surface area contributed by atoms with Gasteiger partial charge < -0.3 is 8.83 Å². The summed E-state index contributed by atoms with van der Waals surface area (Å²) in [6.45, 7) is 2.15. The summed E-state index contributed by atoms with van der Waals surface area (Å²) in [5, 5.41) is 7.09. The van der Waals surface area contributed by atoms with Crippen molar-refractivity contribution in [1.29, 1.82) is 0 Å². The Morgan fingerprint density at radius 1 is 0.657 bits per heavy atom. The number of aryl methyl sites for hydroxylation is 2. The molecule has 0 radical (unpaired) electrons. The molecule has 0 unspecified atom stereocenters. The highest BCUT2D eigenvalue weighted by atomic mass is 16.3. The van der Waals surface area contributed by atoms with Gasteiger partial charge in [0.1, 0.15) is 11.1 Å². The van der Waals surface area contributed by atoms with E-state index >= 15 is 0 Å². The Kier molecular flexibility index (Phi) is 3.50. The van der Waals surface area contributed by atoms with Crippen LogP contribution in [-0.4, -0.2) is 4.40 Å². The second-order valence-electron chi connectivity index (χ2n) is 9.37. The molecular weight excluding hydrogens is 432 g/mol. The maximum absolute atomic E-state index is 6.79. The first-order valence-electron chi connectivity index (χ1n) is 11.8. The van der Waals surface area contributed by atoms with Crippen molar-refractivity contribution in [1.82, 2.24) is 4.40 Å². The minimum Gasteiger partial charge on any atom is -0.454 e. The third kappa shape index (κ3) is 2.38. The molecule has 0 aliphatic carbocycles. The molecule has 5 aromatic carbocycles. The highest BCUT2D eigenvalue weighted by Crippen LogP contribution is 2.41. The van der Waals surface area contributed by atoms with Crippen LogP contribution in [0.2, 0.25) is 0 Å². The van der Waals surface area contributed by atoms with E-state index in [9.17, 15) is 0 Å². The van der Waals surface area contributed by atoms with Crippen LogP contribution in [0.1, 0.15) is 5.56 Å². The summed E-state index contributed by atoms with van der Waals surface area (Å²) in [4.78, 5) is 0. The zero-order valence-electron chi connectivity index (χ0n) is 19.4. The Balaban J connectivity index is 1.53. The van der Waals surface area contributed by atoms with Gasteiger partial charge in [-0.25, -0.2) is 4.57 Å². The van der Waals surface area contributed by atoms with Gasteiger partial charge in [-0.05, 0) is 52.9 Å². The van der Waals surface area contributed by atoms with Gasteiger partial charge in [0, 0.05) is 16.2 Å². The molecule has 3 heterocycles. The molecule has 8 rings (SSSR count). The van der Waals surface area contributed by atoms with Gasteiger partial charge in [-0.3, -0.25) is 0 Å². The van der Waals surface area contributed by atoms with Crippen LogP contribution in [0, 0.1) is 6.92 Å². The van der Waals surface area contributed by atoms with Crippen molar-refractivity contribution in [2.45, 2.75) is 6.92 Å². The largest absolute Gasteiger partial charge is 0.454 e. The first kappa shape index (κ1) is 18.8. The molecule has 0 aliphatic rings. The molecule has 35 heavy (non-hydrogen) atoms. The Labute approximate surface area is 200 Å². The van der Waals surface area contributed by atoms with E-state index in [4.69, 9.17) is 8.83 Å². The van der Waals surface area contributed by atoms with Crippen molar-refractivity contribution < 1.29 is 13.4 Å². The standard InChI is InChI=1S/C31H21N2O2/c1-18-11-13-24-23-16-15-21-20-8-4-3-7-19(20)12-14-22(21)29(23)35-30(24)28(18)31-32(2)17-27-33(31)25-9-5-6-10-26(25)34-27/h3-17H,1-2H3/q+1. The van der Waals surface area contributed by atoms with Crippen LogP contribution in [-0.2, 0) is 7.05 Å². The van der Waals surface area contributed by atoms with Crippen LogP contribution in [0.4, 0.5) is 0 Å². The third-order valence-corrected chi connectivity index (χ3v) is 7.35. The Hall–Kier alpha value is -4.57. The zero-order chi connectivity index (χ0) is 23.3. The molecule has 3 aromatic heterocycles. The van der Waals surface area contributed by atoms with Crippen molar-refractivity contribution in [2.24, 2.45) is 7.05 Å². The SMILES string of the molecule is Cc1ccc2c(oc3c2ccc2c4ccccc4ccc23)c1-c1n2c(c[n+]1C)oc1ccccc12. The number of benzene rings is 5. The number of rotatable bonds is 1. The number of aromatic nitrogens is 2. The quantitative estimate of drug-likeness (QED) is 0.189. The zero-order valence-corrected chi connectivity index (χ0v) is 19.4. The Morgan fingerprint density at radius 3 is 2.31 bits per heavy atom. The Morgan fingerprint density at radius 2 is 1.37 bits per heavy atom. The molecular formula is C31H21N2O2+. The first-order valence-corrected chi connectivity index (χ1v) is 11.8. The maximum Gasteiger partial charge on any atom is 0.336 e. The van der Waals surface area contributed by atoms with Crippen molar-refractivity contribution in [2.75, 3.05) is 0 Å².